The molecule has 0 fully saturated rings. The Morgan fingerprint density at radius 1 is 0.900 bits per heavy atom. The third-order valence-electron chi connectivity index (χ3n) is 5.65. The number of hydrogen-bond acceptors (Lipinski definition) is 3. The summed E-state index contributed by atoms with van der Waals surface area (Å²) in [5.74, 6) is 0. The van der Waals surface area contributed by atoms with Gasteiger partial charge in [0.1, 0.15) is 5.65 Å². The summed E-state index contributed by atoms with van der Waals surface area (Å²) in [7, 11) is 0. The fraction of sp³-hybridized carbons (Fsp3) is 0. The summed E-state index contributed by atoms with van der Waals surface area (Å²) in [5.41, 5.74) is 4.27. The number of rotatable bonds is 1. The van der Waals surface area contributed by atoms with Gasteiger partial charge in [-0.1, -0.05) is 48.0 Å². The maximum atomic E-state index is 13.5. The Morgan fingerprint density at radius 2 is 1.70 bits per heavy atom. The highest BCUT2D eigenvalue weighted by Crippen LogP contribution is 2.39. The van der Waals surface area contributed by atoms with E-state index in [1.807, 2.05) is 54.6 Å². The lowest BCUT2D eigenvalue weighted by molar-refractivity contribution is 1.19. The van der Waals surface area contributed by atoms with E-state index in [1.165, 1.54) is 0 Å². The molecular weight excluding hydrogens is 394 g/mol. The van der Waals surface area contributed by atoms with Crippen molar-refractivity contribution in [3.63, 3.8) is 0 Å². The number of aromatic nitrogens is 2. The number of nitrogens with zero attached hydrogens (tertiary/aromatic N) is 3. The molecule has 5 heteroatoms. The Labute approximate surface area is 175 Å². The lowest BCUT2D eigenvalue weighted by Gasteiger charge is -2.13. The minimum atomic E-state index is -0.142. The van der Waals surface area contributed by atoms with Crippen LogP contribution in [0.15, 0.2) is 77.6 Å². The first-order valence-electron chi connectivity index (χ1n) is 9.45. The lowest BCUT2D eigenvalue weighted by atomic mass is 9.94. The molecule has 0 aliphatic heterocycles. The summed E-state index contributed by atoms with van der Waals surface area (Å²) < 4.78 is 1.63. The number of benzene rings is 4. The van der Waals surface area contributed by atoms with Gasteiger partial charge < -0.3 is 0 Å². The van der Waals surface area contributed by atoms with Gasteiger partial charge in [0.05, 0.1) is 22.7 Å². The molecule has 0 aliphatic carbocycles. The Kier molecular flexibility index (Phi) is 3.41. The lowest BCUT2D eigenvalue weighted by Crippen LogP contribution is -2.13. The van der Waals surface area contributed by atoms with Crippen molar-refractivity contribution in [2.75, 3.05) is 0 Å². The number of pyridine rings is 1. The van der Waals surface area contributed by atoms with Gasteiger partial charge in [-0.2, -0.15) is 5.26 Å². The number of fused-ring (bicyclic) bond motifs is 4. The van der Waals surface area contributed by atoms with Gasteiger partial charge in [-0.3, -0.25) is 9.20 Å². The average molecular weight is 406 g/mol. The van der Waals surface area contributed by atoms with Crippen molar-refractivity contribution in [3.05, 3.63) is 93.7 Å². The molecule has 4 aromatic carbocycles. The van der Waals surface area contributed by atoms with Gasteiger partial charge in [0.2, 0.25) is 0 Å². The summed E-state index contributed by atoms with van der Waals surface area (Å²) in [4.78, 5) is 18.2. The molecule has 0 atom stereocenters. The zero-order chi connectivity index (χ0) is 20.4. The quantitative estimate of drug-likeness (QED) is 0.348. The molecule has 2 heterocycles. The Hall–Kier alpha value is -3.94. The molecule has 140 valence electrons. The van der Waals surface area contributed by atoms with E-state index in [0.717, 1.165) is 27.3 Å². The monoisotopic (exact) mass is 405 g/mol. The molecule has 0 saturated carbocycles. The second kappa shape index (κ2) is 6.03. The van der Waals surface area contributed by atoms with Crippen molar-refractivity contribution in [2.45, 2.75) is 0 Å². The van der Waals surface area contributed by atoms with Crippen LogP contribution >= 0.6 is 11.6 Å². The van der Waals surface area contributed by atoms with Crippen molar-refractivity contribution in [3.8, 4) is 17.2 Å². The van der Waals surface area contributed by atoms with Crippen LogP contribution in [-0.4, -0.2) is 9.38 Å². The molecule has 0 aliphatic rings. The summed E-state index contributed by atoms with van der Waals surface area (Å²) in [6, 6.07) is 24.9. The summed E-state index contributed by atoms with van der Waals surface area (Å²) in [5, 5.41) is 12.9. The van der Waals surface area contributed by atoms with E-state index in [-0.39, 0.29) is 5.56 Å². The second-order valence-corrected chi connectivity index (χ2v) is 7.67. The molecule has 0 unspecified atom stereocenters. The van der Waals surface area contributed by atoms with E-state index in [0.29, 0.717) is 32.7 Å². The van der Waals surface area contributed by atoms with Crippen molar-refractivity contribution in [1.29, 1.82) is 5.26 Å². The number of hydrogen-bond donors (Lipinski definition) is 0. The van der Waals surface area contributed by atoms with Crippen LogP contribution in [0.4, 0.5) is 0 Å². The van der Waals surface area contributed by atoms with Crippen LogP contribution in [-0.2, 0) is 0 Å². The third kappa shape index (κ3) is 2.15. The van der Waals surface area contributed by atoms with Gasteiger partial charge in [-0.25, -0.2) is 4.98 Å². The molecule has 0 radical (unpaired) electrons. The zero-order valence-corrected chi connectivity index (χ0v) is 16.3. The maximum absolute atomic E-state index is 13.5. The molecule has 0 N–H and O–H groups in total. The minimum Gasteiger partial charge on any atom is -0.268 e. The number of imidazole rings is 1. The van der Waals surface area contributed by atoms with Gasteiger partial charge in [0.15, 0.2) is 0 Å². The minimum absolute atomic E-state index is 0.142. The van der Waals surface area contributed by atoms with Crippen LogP contribution in [0.5, 0.6) is 0 Å². The number of nitriles is 1. The van der Waals surface area contributed by atoms with E-state index in [2.05, 4.69) is 6.07 Å². The van der Waals surface area contributed by atoms with Crippen molar-refractivity contribution in [1.82, 2.24) is 9.38 Å². The average Bonchev–Trinajstić information content (AvgIpc) is 3.17. The number of halogens is 1. The Balaban J connectivity index is 1.87. The van der Waals surface area contributed by atoms with E-state index < -0.39 is 0 Å². The van der Waals surface area contributed by atoms with Crippen LogP contribution < -0.4 is 5.56 Å². The molecule has 6 rings (SSSR count). The van der Waals surface area contributed by atoms with E-state index in [9.17, 15) is 10.1 Å². The van der Waals surface area contributed by atoms with Gasteiger partial charge in [0.25, 0.3) is 5.56 Å². The van der Waals surface area contributed by atoms with Crippen molar-refractivity contribution < 1.29 is 0 Å². The van der Waals surface area contributed by atoms with Crippen molar-refractivity contribution >= 4 is 49.8 Å². The molecule has 2 aromatic heterocycles. The third-order valence-corrected chi connectivity index (χ3v) is 5.97. The van der Waals surface area contributed by atoms with Crippen LogP contribution in [0.2, 0.25) is 5.02 Å². The van der Waals surface area contributed by atoms with Crippen LogP contribution in [0.3, 0.4) is 0 Å². The first-order chi connectivity index (χ1) is 14.7. The standard InChI is InChI=1S/C25H12ClN3O/c26-19-10-9-17-22-18(8-7-16(23(19)22)15-4-2-1-3-5-15)25(30)29-21-11-6-14(13-27)12-20(21)28-24(17)29/h1-12H. The van der Waals surface area contributed by atoms with E-state index in [4.69, 9.17) is 16.6 Å². The topological polar surface area (TPSA) is 58.2 Å². The fourth-order valence-electron chi connectivity index (χ4n) is 4.33. The van der Waals surface area contributed by atoms with E-state index >= 15 is 0 Å². The zero-order valence-electron chi connectivity index (χ0n) is 15.6. The molecule has 0 saturated heterocycles. The molecule has 6 aromatic rings. The molecular formula is C25H12ClN3O. The van der Waals surface area contributed by atoms with Gasteiger partial charge in [-0.05, 0) is 47.5 Å². The van der Waals surface area contributed by atoms with E-state index in [1.54, 1.807) is 22.6 Å². The Morgan fingerprint density at radius 3 is 2.50 bits per heavy atom. The molecule has 0 bridgehead atoms. The predicted molar refractivity (Wildman–Crippen MR) is 120 cm³/mol. The normalized spacial score (nSPS) is 11.6. The van der Waals surface area contributed by atoms with Gasteiger partial charge >= 0.3 is 0 Å². The van der Waals surface area contributed by atoms with Gasteiger partial charge in [0, 0.05) is 26.6 Å². The molecule has 0 amide bonds. The molecule has 30 heavy (non-hydrogen) atoms. The second-order valence-electron chi connectivity index (χ2n) is 7.26. The highest BCUT2D eigenvalue weighted by molar-refractivity contribution is 6.39. The van der Waals surface area contributed by atoms with Crippen LogP contribution in [0.25, 0.3) is 49.4 Å². The summed E-state index contributed by atoms with van der Waals surface area (Å²) in [6.45, 7) is 0. The first kappa shape index (κ1) is 17.0. The Bertz CT molecular complexity index is 1730. The van der Waals surface area contributed by atoms with Crippen molar-refractivity contribution in [2.24, 2.45) is 0 Å². The SMILES string of the molecule is N#Cc1ccc2c(c1)nc1c3ccc(Cl)c4c(-c5ccccc5)ccc(c(=O)n21)c43. The smallest absolute Gasteiger partial charge is 0.264 e. The van der Waals surface area contributed by atoms with Crippen LogP contribution in [0, 0.1) is 11.3 Å². The highest BCUT2D eigenvalue weighted by atomic mass is 35.5. The first-order valence-corrected chi connectivity index (χ1v) is 9.83. The largest absolute Gasteiger partial charge is 0.268 e. The highest BCUT2D eigenvalue weighted by Gasteiger charge is 2.19. The van der Waals surface area contributed by atoms with Crippen LogP contribution in [0.1, 0.15) is 5.56 Å². The predicted octanol–water partition coefficient (Wildman–Crippen LogP) is 5.78. The maximum Gasteiger partial charge on any atom is 0.264 e. The summed E-state index contributed by atoms with van der Waals surface area (Å²) in [6.07, 6.45) is 0. The summed E-state index contributed by atoms with van der Waals surface area (Å²) >= 11 is 6.66. The fourth-order valence-corrected chi connectivity index (χ4v) is 4.59. The molecule has 4 nitrogen and oxygen atoms in total. The molecule has 0 spiro atoms. The van der Waals surface area contributed by atoms with Gasteiger partial charge in [-0.15, -0.1) is 0 Å².